The minimum absolute atomic E-state index is 0.0606. The number of nitrogens with one attached hydrogen (secondary N) is 1. The SMILES string of the molecule is CC(C)CNC(=O)c1nc(-c2ccc(Cl)cc2)n2c1CCCCC2. The quantitative estimate of drug-likeness (QED) is 0.897. The second kappa shape index (κ2) is 7.39. The fraction of sp³-hybridized carbons (Fsp3) is 0.474. The van der Waals surface area contributed by atoms with E-state index in [1.807, 2.05) is 24.3 Å². The van der Waals surface area contributed by atoms with Crippen LogP contribution in [0.4, 0.5) is 0 Å². The molecule has 2 heterocycles. The van der Waals surface area contributed by atoms with Crippen LogP contribution in [0.1, 0.15) is 49.3 Å². The lowest BCUT2D eigenvalue weighted by Gasteiger charge is -2.09. The number of imidazole rings is 1. The van der Waals surface area contributed by atoms with Crippen LogP contribution in [-0.4, -0.2) is 22.0 Å². The molecular weight excluding hydrogens is 322 g/mol. The Hall–Kier alpha value is -1.81. The molecule has 0 unspecified atom stereocenters. The Balaban J connectivity index is 2.00. The zero-order valence-corrected chi connectivity index (χ0v) is 15.1. The first-order valence-corrected chi connectivity index (χ1v) is 9.07. The molecule has 1 aromatic carbocycles. The number of rotatable bonds is 4. The van der Waals surface area contributed by atoms with Gasteiger partial charge in [-0.3, -0.25) is 4.79 Å². The van der Waals surface area contributed by atoms with Gasteiger partial charge in [0.05, 0.1) is 5.69 Å². The first-order valence-electron chi connectivity index (χ1n) is 8.70. The van der Waals surface area contributed by atoms with E-state index in [1.165, 1.54) is 6.42 Å². The molecule has 5 heteroatoms. The lowest BCUT2D eigenvalue weighted by Crippen LogP contribution is -2.28. The highest BCUT2D eigenvalue weighted by molar-refractivity contribution is 6.30. The van der Waals surface area contributed by atoms with E-state index in [0.717, 1.165) is 42.9 Å². The van der Waals surface area contributed by atoms with Crippen LogP contribution in [0, 0.1) is 5.92 Å². The van der Waals surface area contributed by atoms with Crippen LogP contribution in [0.25, 0.3) is 11.4 Å². The van der Waals surface area contributed by atoms with E-state index in [1.54, 1.807) is 0 Å². The summed E-state index contributed by atoms with van der Waals surface area (Å²) in [6.07, 6.45) is 4.33. The lowest BCUT2D eigenvalue weighted by molar-refractivity contribution is 0.0943. The summed E-state index contributed by atoms with van der Waals surface area (Å²) in [5, 5.41) is 3.71. The van der Waals surface area contributed by atoms with E-state index >= 15 is 0 Å². The molecule has 0 radical (unpaired) electrons. The second-order valence-corrected chi connectivity index (χ2v) is 7.24. The number of hydrogen-bond donors (Lipinski definition) is 1. The third kappa shape index (κ3) is 3.64. The van der Waals surface area contributed by atoms with E-state index in [4.69, 9.17) is 16.6 Å². The van der Waals surface area contributed by atoms with Crippen molar-refractivity contribution in [2.24, 2.45) is 5.92 Å². The first kappa shape index (κ1) is 17.0. The molecule has 0 fully saturated rings. The van der Waals surface area contributed by atoms with Crippen LogP contribution >= 0.6 is 11.6 Å². The third-order valence-electron chi connectivity index (χ3n) is 4.36. The van der Waals surface area contributed by atoms with Gasteiger partial charge in [-0.25, -0.2) is 4.98 Å². The van der Waals surface area contributed by atoms with E-state index in [2.05, 4.69) is 23.7 Å². The molecule has 2 aromatic rings. The highest BCUT2D eigenvalue weighted by Gasteiger charge is 2.24. The van der Waals surface area contributed by atoms with Gasteiger partial charge in [0.2, 0.25) is 0 Å². The summed E-state index contributed by atoms with van der Waals surface area (Å²) in [5.41, 5.74) is 2.66. The van der Waals surface area contributed by atoms with Crippen molar-refractivity contribution < 1.29 is 4.79 Å². The Morgan fingerprint density at radius 1 is 1.25 bits per heavy atom. The molecule has 24 heavy (non-hydrogen) atoms. The number of aromatic nitrogens is 2. The maximum atomic E-state index is 12.6. The van der Waals surface area contributed by atoms with E-state index < -0.39 is 0 Å². The molecule has 1 aliphatic rings. The van der Waals surface area contributed by atoms with Crippen molar-refractivity contribution in [3.05, 3.63) is 40.7 Å². The number of nitrogens with zero attached hydrogens (tertiary/aromatic N) is 2. The van der Waals surface area contributed by atoms with Gasteiger partial charge in [-0.1, -0.05) is 31.9 Å². The van der Waals surface area contributed by atoms with Crippen LogP contribution < -0.4 is 5.32 Å². The van der Waals surface area contributed by atoms with Crippen LogP contribution in [0.2, 0.25) is 5.02 Å². The molecule has 0 saturated carbocycles. The molecule has 3 rings (SSSR count). The minimum Gasteiger partial charge on any atom is -0.350 e. The molecule has 1 amide bonds. The van der Waals surface area contributed by atoms with Crippen LogP contribution in [0.5, 0.6) is 0 Å². The van der Waals surface area contributed by atoms with Gasteiger partial charge in [0.15, 0.2) is 0 Å². The number of fused-ring (bicyclic) bond motifs is 1. The van der Waals surface area contributed by atoms with Gasteiger partial charge in [-0.15, -0.1) is 0 Å². The number of hydrogen-bond acceptors (Lipinski definition) is 2. The van der Waals surface area contributed by atoms with E-state index in [0.29, 0.717) is 23.2 Å². The normalized spacial score (nSPS) is 14.3. The second-order valence-electron chi connectivity index (χ2n) is 6.80. The minimum atomic E-state index is -0.0606. The summed E-state index contributed by atoms with van der Waals surface area (Å²) in [7, 11) is 0. The van der Waals surface area contributed by atoms with Crippen molar-refractivity contribution in [2.75, 3.05) is 6.54 Å². The highest BCUT2D eigenvalue weighted by Crippen LogP contribution is 2.28. The molecule has 0 atom stereocenters. The molecule has 1 N–H and O–H groups in total. The van der Waals surface area contributed by atoms with Gasteiger partial charge in [0, 0.05) is 23.7 Å². The molecule has 128 valence electrons. The summed E-state index contributed by atoms with van der Waals surface area (Å²) >= 11 is 6.00. The molecule has 1 aromatic heterocycles. The van der Waals surface area contributed by atoms with Crippen molar-refractivity contribution >= 4 is 17.5 Å². The Morgan fingerprint density at radius 3 is 2.71 bits per heavy atom. The standard InChI is InChI=1S/C19H24ClN3O/c1-13(2)12-21-19(24)17-16-6-4-3-5-11-23(16)18(22-17)14-7-9-15(20)10-8-14/h7-10,13H,3-6,11-12H2,1-2H3,(H,21,24). The molecule has 4 nitrogen and oxygen atoms in total. The average Bonchev–Trinajstić information content (AvgIpc) is 2.75. The Kier molecular flexibility index (Phi) is 5.24. The van der Waals surface area contributed by atoms with Crippen molar-refractivity contribution in [3.63, 3.8) is 0 Å². The first-order chi connectivity index (χ1) is 11.6. The lowest BCUT2D eigenvalue weighted by atomic mass is 10.1. The molecular formula is C19H24ClN3O. The van der Waals surface area contributed by atoms with Crippen molar-refractivity contribution in [2.45, 2.75) is 46.1 Å². The maximum absolute atomic E-state index is 12.6. The smallest absolute Gasteiger partial charge is 0.271 e. The monoisotopic (exact) mass is 345 g/mol. The summed E-state index contributed by atoms with van der Waals surface area (Å²) in [6, 6.07) is 7.68. The van der Waals surface area contributed by atoms with Crippen molar-refractivity contribution in [3.8, 4) is 11.4 Å². The molecule has 1 aliphatic heterocycles. The Bertz CT molecular complexity index is 719. The number of benzene rings is 1. The summed E-state index contributed by atoms with van der Waals surface area (Å²) in [5.74, 6) is 1.23. The highest BCUT2D eigenvalue weighted by atomic mass is 35.5. The zero-order valence-electron chi connectivity index (χ0n) is 14.3. The summed E-state index contributed by atoms with van der Waals surface area (Å²) < 4.78 is 2.22. The third-order valence-corrected chi connectivity index (χ3v) is 4.61. The van der Waals surface area contributed by atoms with Crippen molar-refractivity contribution in [1.82, 2.24) is 14.9 Å². The van der Waals surface area contributed by atoms with Crippen molar-refractivity contribution in [1.29, 1.82) is 0 Å². The predicted molar refractivity (Wildman–Crippen MR) is 97.4 cm³/mol. The van der Waals surface area contributed by atoms with Gasteiger partial charge < -0.3 is 9.88 Å². The van der Waals surface area contributed by atoms with Crippen LogP contribution in [0.3, 0.4) is 0 Å². The summed E-state index contributed by atoms with van der Waals surface area (Å²) in [6.45, 7) is 5.76. The van der Waals surface area contributed by atoms with Gasteiger partial charge in [-0.05, 0) is 49.4 Å². The topological polar surface area (TPSA) is 46.9 Å². The number of amides is 1. The van der Waals surface area contributed by atoms with Crippen LogP contribution in [0.15, 0.2) is 24.3 Å². The average molecular weight is 346 g/mol. The number of halogens is 1. The van der Waals surface area contributed by atoms with E-state index in [9.17, 15) is 4.79 Å². The number of carbonyl (C=O) groups is 1. The van der Waals surface area contributed by atoms with Gasteiger partial charge in [0.1, 0.15) is 11.5 Å². The van der Waals surface area contributed by atoms with Gasteiger partial charge >= 0.3 is 0 Å². The number of carbonyl (C=O) groups excluding carboxylic acids is 1. The fourth-order valence-corrected chi connectivity index (χ4v) is 3.23. The van der Waals surface area contributed by atoms with E-state index in [-0.39, 0.29) is 5.91 Å². The maximum Gasteiger partial charge on any atom is 0.271 e. The zero-order chi connectivity index (χ0) is 17.1. The fourth-order valence-electron chi connectivity index (χ4n) is 3.10. The Labute approximate surface area is 148 Å². The molecule has 0 saturated heterocycles. The van der Waals surface area contributed by atoms with Crippen LogP contribution in [-0.2, 0) is 13.0 Å². The predicted octanol–water partition coefficient (Wildman–Crippen LogP) is 4.32. The molecule has 0 bridgehead atoms. The summed E-state index contributed by atoms with van der Waals surface area (Å²) in [4.78, 5) is 17.3. The largest absolute Gasteiger partial charge is 0.350 e. The Morgan fingerprint density at radius 2 is 2.00 bits per heavy atom. The molecule has 0 aliphatic carbocycles. The molecule has 0 spiro atoms. The van der Waals surface area contributed by atoms with Gasteiger partial charge in [0.25, 0.3) is 5.91 Å². The van der Waals surface area contributed by atoms with Gasteiger partial charge in [-0.2, -0.15) is 0 Å².